The minimum absolute atomic E-state index is 0. The molecule has 1 N–H and O–H groups in total. The zero-order valence-corrected chi connectivity index (χ0v) is 21.1. The van der Waals surface area contributed by atoms with Gasteiger partial charge in [-0.05, 0) is 37.6 Å². The normalized spacial score (nSPS) is 18.0. The third kappa shape index (κ3) is 7.71. The number of ether oxygens (including phenoxy) is 1. The molecule has 39 heavy (non-hydrogen) atoms. The van der Waals surface area contributed by atoms with Gasteiger partial charge in [0.05, 0.1) is 23.9 Å². The highest BCUT2D eigenvalue weighted by Crippen LogP contribution is 2.37. The number of carbonyl (C=O) groups is 1. The first-order valence-corrected chi connectivity index (χ1v) is 12.5. The van der Waals surface area contributed by atoms with Gasteiger partial charge in [-0.1, -0.05) is 7.43 Å². The van der Waals surface area contributed by atoms with Gasteiger partial charge in [0.15, 0.2) is 0 Å². The van der Waals surface area contributed by atoms with Gasteiger partial charge in [-0.25, -0.2) is 4.98 Å². The van der Waals surface area contributed by atoms with Gasteiger partial charge in [-0.2, -0.15) is 13.2 Å². The molecule has 2 aliphatic rings. The van der Waals surface area contributed by atoms with Crippen molar-refractivity contribution in [2.24, 2.45) is 0 Å². The number of nitro benzene ring substituents is 1. The second-order valence-corrected chi connectivity index (χ2v) is 9.45. The summed E-state index contributed by atoms with van der Waals surface area (Å²) in [4.78, 5) is 33.2. The summed E-state index contributed by atoms with van der Waals surface area (Å²) in [5.41, 5.74) is -1.07. The highest BCUT2D eigenvalue weighted by Gasteiger charge is 2.38. The van der Waals surface area contributed by atoms with E-state index in [1.807, 2.05) is 18.3 Å². The van der Waals surface area contributed by atoms with Gasteiger partial charge in [0.2, 0.25) is 11.8 Å². The molecule has 10 nitrogen and oxygen atoms in total. The van der Waals surface area contributed by atoms with E-state index in [-0.39, 0.29) is 25.1 Å². The van der Waals surface area contributed by atoms with Crippen LogP contribution in [0.2, 0.25) is 0 Å². The van der Waals surface area contributed by atoms with Crippen LogP contribution in [0.25, 0.3) is 0 Å². The topological polar surface area (TPSA) is 104 Å². The number of anilines is 2. The lowest BCUT2D eigenvalue weighted by atomic mass is 10.1. The molecule has 1 amide bonds. The summed E-state index contributed by atoms with van der Waals surface area (Å²) in [5, 5.41) is 13.9. The number of benzene rings is 1. The number of hydrogen-bond acceptors (Lipinski definition) is 8. The molecule has 0 spiro atoms. The molecule has 0 bridgehead atoms. The highest BCUT2D eigenvalue weighted by molar-refractivity contribution is 5.76. The van der Waals surface area contributed by atoms with E-state index in [4.69, 9.17) is 4.74 Å². The zero-order chi connectivity index (χ0) is 27.3. The van der Waals surface area contributed by atoms with Crippen LogP contribution < -0.4 is 15.0 Å². The number of alkyl halides is 3. The number of methoxy groups -OCH3 is 1. The van der Waals surface area contributed by atoms with Gasteiger partial charge >= 0.3 is 6.18 Å². The number of likely N-dealkylation sites (tertiary alicyclic amines) is 1. The Morgan fingerprint density at radius 3 is 2.54 bits per heavy atom. The third-order valence-electron chi connectivity index (χ3n) is 6.94. The number of nitrogens with one attached hydrogen (secondary N) is 1. The Bertz CT molecular complexity index is 1120. The molecular formula is C26H35F3N6O4. The predicted molar refractivity (Wildman–Crippen MR) is 142 cm³/mol. The summed E-state index contributed by atoms with van der Waals surface area (Å²) >= 11 is 0. The van der Waals surface area contributed by atoms with Crippen LogP contribution in [0.5, 0.6) is 5.88 Å². The van der Waals surface area contributed by atoms with Gasteiger partial charge in [0.1, 0.15) is 5.56 Å². The van der Waals surface area contributed by atoms with E-state index < -0.39 is 22.4 Å². The Labute approximate surface area is 225 Å². The van der Waals surface area contributed by atoms with E-state index in [9.17, 15) is 28.1 Å². The smallest absolute Gasteiger partial charge is 0.423 e. The second-order valence-electron chi connectivity index (χ2n) is 9.45. The summed E-state index contributed by atoms with van der Waals surface area (Å²) in [6.07, 6.45) is -1.30. The standard InChI is InChI=1S/C25H31F3N6O4.CH4/c1-38-23-7-5-20(16-29-23)32-13-11-31(12-14-32)9-2-3-24(35)33-10-8-19(17-33)30-18-4-6-22(34(36)37)21(15-18)25(26,27)28;/h4-7,15-16,19,30H,2-3,8-14,17H2,1H3;1H4/t19-;/m0./s1. The van der Waals surface area contributed by atoms with Gasteiger partial charge in [-0.3, -0.25) is 19.8 Å². The summed E-state index contributed by atoms with van der Waals surface area (Å²) in [5.74, 6) is 0.607. The van der Waals surface area contributed by atoms with Crippen LogP contribution >= 0.6 is 0 Å². The number of carbonyl (C=O) groups excluding carboxylic acids is 1. The molecule has 4 rings (SSSR count). The van der Waals surface area contributed by atoms with Crippen LogP contribution in [0.3, 0.4) is 0 Å². The van der Waals surface area contributed by atoms with Crippen LogP contribution in [0, 0.1) is 10.1 Å². The number of halogens is 3. The van der Waals surface area contributed by atoms with Gasteiger partial charge in [0, 0.05) is 69.6 Å². The number of aromatic nitrogens is 1. The molecule has 0 unspecified atom stereocenters. The van der Waals surface area contributed by atoms with Crippen molar-refractivity contribution in [1.29, 1.82) is 0 Å². The SMILES string of the molecule is C.COc1ccc(N2CCN(CCCC(=O)N3CC[C@H](Nc4ccc([N+](=O)[O-])c(C(F)(F)F)c4)C3)CC2)cn1. The maximum Gasteiger partial charge on any atom is 0.423 e. The lowest BCUT2D eigenvalue weighted by Crippen LogP contribution is -2.46. The van der Waals surface area contributed by atoms with E-state index >= 15 is 0 Å². The summed E-state index contributed by atoms with van der Waals surface area (Å²) in [7, 11) is 1.59. The summed E-state index contributed by atoms with van der Waals surface area (Å²) < 4.78 is 44.8. The quantitative estimate of drug-likeness (QED) is 0.364. The molecule has 214 valence electrons. The fraction of sp³-hybridized carbons (Fsp3) is 0.538. The lowest BCUT2D eigenvalue weighted by Gasteiger charge is -2.36. The van der Waals surface area contributed by atoms with Gasteiger partial charge in [-0.15, -0.1) is 0 Å². The first kappa shape index (κ1) is 29.9. The molecule has 0 aliphatic carbocycles. The summed E-state index contributed by atoms with van der Waals surface area (Å²) in [6, 6.07) is 6.50. The first-order valence-electron chi connectivity index (χ1n) is 12.5. The fourth-order valence-electron chi connectivity index (χ4n) is 4.87. The molecule has 3 heterocycles. The van der Waals surface area contributed by atoms with E-state index in [1.165, 1.54) is 6.07 Å². The molecule has 13 heteroatoms. The molecule has 1 atom stereocenters. The van der Waals surface area contributed by atoms with E-state index in [1.54, 1.807) is 12.0 Å². The molecule has 2 aliphatic heterocycles. The Kier molecular flexibility index (Phi) is 9.95. The van der Waals surface area contributed by atoms with Crippen LogP contribution in [-0.2, 0) is 11.0 Å². The van der Waals surface area contributed by atoms with E-state index in [0.717, 1.165) is 57.0 Å². The molecule has 1 aromatic carbocycles. The van der Waals surface area contributed by atoms with Crippen molar-refractivity contribution in [2.75, 3.05) is 63.1 Å². The van der Waals surface area contributed by atoms with Crippen LogP contribution in [0.15, 0.2) is 36.5 Å². The molecule has 1 aromatic heterocycles. The highest BCUT2D eigenvalue weighted by atomic mass is 19.4. The molecule has 0 saturated carbocycles. The third-order valence-corrected chi connectivity index (χ3v) is 6.94. The van der Waals surface area contributed by atoms with Crippen molar-refractivity contribution < 1.29 is 27.6 Å². The predicted octanol–water partition coefficient (Wildman–Crippen LogP) is 4.27. The molecule has 2 aromatic rings. The lowest BCUT2D eigenvalue weighted by molar-refractivity contribution is -0.388. The molecule has 2 fully saturated rings. The number of nitro groups is 1. The Hall–Kier alpha value is -3.61. The van der Waals surface area contributed by atoms with Crippen molar-refractivity contribution in [3.63, 3.8) is 0 Å². The van der Waals surface area contributed by atoms with E-state index in [0.29, 0.717) is 31.8 Å². The minimum Gasteiger partial charge on any atom is -0.481 e. The fourth-order valence-corrected chi connectivity index (χ4v) is 4.87. The maximum absolute atomic E-state index is 13.2. The minimum atomic E-state index is -4.84. The van der Waals surface area contributed by atoms with Gasteiger partial charge in [0.25, 0.3) is 5.69 Å². The monoisotopic (exact) mass is 552 g/mol. The number of piperazine rings is 1. The largest absolute Gasteiger partial charge is 0.481 e. The average molecular weight is 553 g/mol. The van der Waals surface area contributed by atoms with Crippen molar-refractivity contribution >= 4 is 23.0 Å². The van der Waals surface area contributed by atoms with Crippen LogP contribution in [0.4, 0.5) is 30.2 Å². The van der Waals surface area contributed by atoms with Crippen molar-refractivity contribution in [3.05, 3.63) is 52.2 Å². The van der Waals surface area contributed by atoms with Crippen LogP contribution in [0.1, 0.15) is 32.3 Å². The molecule has 2 saturated heterocycles. The number of nitrogens with zero attached hydrogens (tertiary/aromatic N) is 5. The van der Waals surface area contributed by atoms with Crippen LogP contribution in [-0.4, -0.2) is 84.6 Å². The Balaban J connectivity index is 0.00000420. The zero-order valence-electron chi connectivity index (χ0n) is 21.1. The molecule has 0 radical (unpaired) electrons. The number of pyridine rings is 1. The summed E-state index contributed by atoms with van der Waals surface area (Å²) in [6.45, 7) is 5.26. The Morgan fingerprint density at radius 2 is 1.92 bits per heavy atom. The maximum atomic E-state index is 13.2. The van der Waals surface area contributed by atoms with E-state index in [2.05, 4.69) is 20.1 Å². The number of hydrogen-bond donors (Lipinski definition) is 1. The van der Waals surface area contributed by atoms with Crippen molar-refractivity contribution in [2.45, 2.75) is 38.9 Å². The number of amides is 1. The average Bonchev–Trinajstić information content (AvgIpc) is 3.37. The number of rotatable bonds is 9. The Morgan fingerprint density at radius 1 is 1.18 bits per heavy atom. The van der Waals surface area contributed by atoms with Crippen molar-refractivity contribution in [3.8, 4) is 5.88 Å². The van der Waals surface area contributed by atoms with Crippen molar-refractivity contribution in [1.82, 2.24) is 14.8 Å². The molecular weight excluding hydrogens is 517 g/mol. The first-order chi connectivity index (χ1) is 18.1. The van der Waals surface area contributed by atoms with Gasteiger partial charge < -0.3 is 19.9 Å². The second kappa shape index (κ2) is 13.0.